The fourth-order valence-electron chi connectivity index (χ4n) is 2.10. The van der Waals surface area contributed by atoms with Crippen LogP contribution >= 0.6 is 23.4 Å². The van der Waals surface area contributed by atoms with E-state index in [0.717, 1.165) is 11.3 Å². The lowest BCUT2D eigenvalue weighted by atomic mass is 10.2. The Morgan fingerprint density at radius 1 is 1.50 bits per heavy atom. The second-order valence-corrected chi connectivity index (χ2v) is 6.14. The molecule has 1 fully saturated rings. The molecule has 1 atom stereocenters. The fraction of sp³-hybridized carbons (Fsp3) is 0.308. The zero-order valence-corrected chi connectivity index (χ0v) is 12.4. The molecule has 1 amide bonds. The lowest BCUT2D eigenvalue weighted by Crippen LogP contribution is -2.23. The normalized spacial score (nSPS) is 18.8. The van der Waals surface area contributed by atoms with Crippen molar-refractivity contribution in [2.45, 2.75) is 11.9 Å². The molecular weight excluding hydrogens is 296 g/mol. The molecule has 2 heterocycles. The first-order valence-corrected chi connectivity index (χ1v) is 7.58. The zero-order chi connectivity index (χ0) is 14.1. The SMILES string of the molecule is CN1C(=O)CSC1c1cn(Cc2cccc(Cl)c2)nn1. The van der Waals surface area contributed by atoms with E-state index in [1.807, 2.05) is 30.5 Å². The highest BCUT2D eigenvalue weighted by Crippen LogP contribution is 2.35. The lowest BCUT2D eigenvalue weighted by Gasteiger charge is -2.15. The van der Waals surface area contributed by atoms with Gasteiger partial charge in [-0.1, -0.05) is 28.9 Å². The average molecular weight is 309 g/mol. The number of thioether (sulfide) groups is 1. The number of amides is 1. The maximum Gasteiger partial charge on any atom is 0.233 e. The zero-order valence-electron chi connectivity index (χ0n) is 10.9. The van der Waals surface area contributed by atoms with Crippen LogP contribution in [-0.2, 0) is 11.3 Å². The highest BCUT2D eigenvalue weighted by atomic mass is 35.5. The summed E-state index contributed by atoms with van der Waals surface area (Å²) in [6.45, 7) is 0.614. The minimum Gasteiger partial charge on any atom is -0.327 e. The van der Waals surface area contributed by atoms with Gasteiger partial charge in [0.25, 0.3) is 0 Å². The Hall–Kier alpha value is -1.53. The lowest BCUT2D eigenvalue weighted by molar-refractivity contribution is -0.126. The number of hydrogen-bond donors (Lipinski definition) is 0. The van der Waals surface area contributed by atoms with Gasteiger partial charge in [0.2, 0.25) is 5.91 Å². The van der Waals surface area contributed by atoms with Gasteiger partial charge in [-0.25, -0.2) is 4.68 Å². The van der Waals surface area contributed by atoms with E-state index in [1.165, 1.54) is 0 Å². The Balaban J connectivity index is 1.76. The van der Waals surface area contributed by atoms with Gasteiger partial charge in [-0.2, -0.15) is 0 Å². The summed E-state index contributed by atoms with van der Waals surface area (Å²) in [4.78, 5) is 13.2. The summed E-state index contributed by atoms with van der Waals surface area (Å²) < 4.78 is 1.76. The van der Waals surface area contributed by atoms with Gasteiger partial charge in [0.1, 0.15) is 11.1 Å². The molecule has 5 nitrogen and oxygen atoms in total. The standard InChI is InChI=1S/C13H13ClN4OS/c1-17-12(19)8-20-13(17)11-7-18(16-15-11)6-9-3-2-4-10(14)5-9/h2-5,7,13H,6,8H2,1H3. The van der Waals surface area contributed by atoms with Gasteiger partial charge in [-0.3, -0.25) is 4.79 Å². The first kappa shape index (κ1) is 13.5. The van der Waals surface area contributed by atoms with Gasteiger partial charge in [0.15, 0.2) is 0 Å². The fourth-order valence-corrected chi connectivity index (χ4v) is 3.44. The molecule has 7 heteroatoms. The Bertz CT molecular complexity index is 645. The van der Waals surface area contributed by atoms with E-state index in [0.29, 0.717) is 17.3 Å². The maximum absolute atomic E-state index is 11.5. The van der Waals surface area contributed by atoms with Crippen molar-refractivity contribution in [1.82, 2.24) is 19.9 Å². The number of rotatable bonds is 3. The van der Waals surface area contributed by atoms with Gasteiger partial charge in [0, 0.05) is 12.1 Å². The first-order chi connectivity index (χ1) is 9.63. The van der Waals surface area contributed by atoms with Crippen LogP contribution in [0.3, 0.4) is 0 Å². The van der Waals surface area contributed by atoms with Crippen molar-refractivity contribution in [3.8, 4) is 0 Å². The third-order valence-electron chi connectivity index (χ3n) is 3.15. The van der Waals surface area contributed by atoms with Crippen molar-refractivity contribution >= 4 is 29.3 Å². The Labute approximate surface area is 125 Å². The van der Waals surface area contributed by atoms with Crippen LogP contribution in [0.15, 0.2) is 30.5 Å². The largest absolute Gasteiger partial charge is 0.327 e. The summed E-state index contributed by atoms with van der Waals surface area (Å²) in [6, 6.07) is 7.65. The number of carbonyl (C=O) groups is 1. The second-order valence-electron chi connectivity index (χ2n) is 4.64. The molecule has 0 N–H and O–H groups in total. The summed E-state index contributed by atoms with van der Waals surface area (Å²) >= 11 is 7.54. The van der Waals surface area contributed by atoms with E-state index >= 15 is 0 Å². The molecule has 1 aliphatic heterocycles. The number of nitrogens with zero attached hydrogens (tertiary/aromatic N) is 4. The van der Waals surface area contributed by atoms with Gasteiger partial charge in [-0.15, -0.1) is 16.9 Å². The van der Waals surface area contributed by atoms with Crippen LogP contribution in [0.2, 0.25) is 5.02 Å². The third-order valence-corrected chi connectivity index (χ3v) is 4.67. The first-order valence-electron chi connectivity index (χ1n) is 6.15. The second kappa shape index (κ2) is 5.46. The average Bonchev–Trinajstić information content (AvgIpc) is 2.98. The van der Waals surface area contributed by atoms with Gasteiger partial charge in [-0.05, 0) is 17.7 Å². The van der Waals surface area contributed by atoms with Gasteiger partial charge < -0.3 is 4.90 Å². The molecule has 0 bridgehead atoms. The summed E-state index contributed by atoms with van der Waals surface area (Å²) in [7, 11) is 1.79. The van der Waals surface area contributed by atoms with Crippen molar-refractivity contribution < 1.29 is 4.79 Å². The number of aromatic nitrogens is 3. The monoisotopic (exact) mass is 308 g/mol. The summed E-state index contributed by atoms with van der Waals surface area (Å²) in [5.74, 6) is 0.631. The van der Waals surface area contributed by atoms with Crippen molar-refractivity contribution in [3.05, 3.63) is 46.7 Å². The smallest absolute Gasteiger partial charge is 0.233 e. The number of hydrogen-bond acceptors (Lipinski definition) is 4. The van der Waals surface area contributed by atoms with Gasteiger partial charge >= 0.3 is 0 Å². The van der Waals surface area contributed by atoms with Crippen LogP contribution in [0.25, 0.3) is 0 Å². The molecule has 104 valence electrons. The van der Waals surface area contributed by atoms with Crippen molar-refractivity contribution in [3.63, 3.8) is 0 Å². The molecule has 3 rings (SSSR count). The highest BCUT2D eigenvalue weighted by Gasteiger charge is 2.31. The molecular formula is C13H13ClN4OS. The molecule has 1 aromatic carbocycles. The number of halogens is 1. The summed E-state index contributed by atoms with van der Waals surface area (Å²) in [5.41, 5.74) is 1.88. The molecule has 2 aromatic rings. The van der Waals surface area contributed by atoms with Crippen LogP contribution in [0.1, 0.15) is 16.6 Å². The van der Waals surface area contributed by atoms with Crippen molar-refractivity contribution in [2.24, 2.45) is 0 Å². The van der Waals surface area contributed by atoms with Crippen LogP contribution in [-0.4, -0.2) is 38.6 Å². The predicted octanol–water partition coefficient (Wildman–Crippen LogP) is 2.18. The van der Waals surface area contributed by atoms with Crippen LogP contribution in [0, 0.1) is 0 Å². The molecule has 0 aliphatic carbocycles. The third kappa shape index (κ3) is 2.66. The Morgan fingerprint density at radius 3 is 3.05 bits per heavy atom. The van der Waals surface area contributed by atoms with Crippen LogP contribution in [0.5, 0.6) is 0 Å². The van der Waals surface area contributed by atoms with Crippen LogP contribution in [0.4, 0.5) is 0 Å². The molecule has 1 aliphatic rings. The quantitative estimate of drug-likeness (QED) is 0.872. The topological polar surface area (TPSA) is 51.0 Å². The number of carbonyl (C=O) groups excluding carboxylic acids is 1. The van der Waals surface area contributed by atoms with E-state index in [1.54, 1.807) is 28.4 Å². The van der Waals surface area contributed by atoms with E-state index < -0.39 is 0 Å². The predicted molar refractivity (Wildman–Crippen MR) is 78.5 cm³/mol. The minimum atomic E-state index is -0.0318. The van der Waals surface area contributed by atoms with E-state index in [4.69, 9.17) is 11.6 Å². The van der Waals surface area contributed by atoms with Crippen LogP contribution < -0.4 is 0 Å². The van der Waals surface area contributed by atoms with Gasteiger partial charge in [0.05, 0.1) is 18.5 Å². The summed E-state index contributed by atoms with van der Waals surface area (Å²) in [5, 5.41) is 8.96. The molecule has 0 radical (unpaired) electrons. The maximum atomic E-state index is 11.5. The number of benzene rings is 1. The molecule has 0 spiro atoms. The summed E-state index contributed by atoms with van der Waals surface area (Å²) in [6.07, 6.45) is 1.88. The highest BCUT2D eigenvalue weighted by molar-refractivity contribution is 8.00. The molecule has 0 saturated carbocycles. The van der Waals surface area contributed by atoms with E-state index in [2.05, 4.69) is 10.3 Å². The molecule has 1 saturated heterocycles. The molecule has 1 aromatic heterocycles. The molecule has 20 heavy (non-hydrogen) atoms. The van der Waals surface area contributed by atoms with Crippen molar-refractivity contribution in [1.29, 1.82) is 0 Å². The molecule has 1 unspecified atom stereocenters. The Morgan fingerprint density at radius 2 is 2.35 bits per heavy atom. The van der Waals surface area contributed by atoms with E-state index in [-0.39, 0.29) is 11.3 Å². The van der Waals surface area contributed by atoms with E-state index in [9.17, 15) is 4.79 Å². The Kier molecular flexibility index (Phi) is 3.67. The minimum absolute atomic E-state index is 0.0318. The van der Waals surface area contributed by atoms with Crippen molar-refractivity contribution in [2.75, 3.05) is 12.8 Å².